The van der Waals surface area contributed by atoms with Gasteiger partial charge in [-0.2, -0.15) is 0 Å². The highest BCUT2D eigenvalue weighted by atomic mass is 16.1. The Balaban J connectivity index is 2.42. The molecular formula is C16H14O. The van der Waals surface area contributed by atoms with Gasteiger partial charge in [0.2, 0.25) is 0 Å². The van der Waals surface area contributed by atoms with Gasteiger partial charge in [0.25, 0.3) is 0 Å². The second-order valence-corrected chi connectivity index (χ2v) is 3.97. The molecule has 2 rings (SSSR count). The SMILES string of the molecule is C=Cc1cc(C(=O)c2ccccc2)ccc1C. The number of benzene rings is 2. The van der Waals surface area contributed by atoms with Gasteiger partial charge in [0.15, 0.2) is 5.78 Å². The van der Waals surface area contributed by atoms with Gasteiger partial charge < -0.3 is 0 Å². The molecule has 0 bridgehead atoms. The zero-order chi connectivity index (χ0) is 12.3. The van der Waals surface area contributed by atoms with Gasteiger partial charge in [-0.3, -0.25) is 4.79 Å². The van der Waals surface area contributed by atoms with Gasteiger partial charge in [-0.05, 0) is 24.1 Å². The Bertz CT molecular complexity index is 553. The third-order valence-electron chi connectivity index (χ3n) is 2.80. The van der Waals surface area contributed by atoms with Gasteiger partial charge in [0, 0.05) is 11.1 Å². The lowest BCUT2D eigenvalue weighted by atomic mass is 9.99. The Hall–Kier alpha value is -2.15. The standard InChI is InChI=1S/C16H14O/c1-3-13-11-15(10-9-12(13)2)16(17)14-7-5-4-6-8-14/h3-11H,1H2,2H3. The minimum atomic E-state index is 0.0497. The molecule has 0 aromatic heterocycles. The molecule has 17 heavy (non-hydrogen) atoms. The highest BCUT2D eigenvalue weighted by Crippen LogP contribution is 2.15. The summed E-state index contributed by atoms with van der Waals surface area (Å²) in [7, 11) is 0. The third-order valence-corrected chi connectivity index (χ3v) is 2.80. The zero-order valence-corrected chi connectivity index (χ0v) is 9.81. The summed E-state index contributed by atoms with van der Waals surface area (Å²) < 4.78 is 0. The lowest BCUT2D eigenvalue weighted by Crippen LogP contribution is -2.01. The van der Waals surface area contributed by atoms with Gasteiger partial charge in [-0.15, -0.1) is 0 Å². The quantitative estimate of drug-likeness (QED) is 0.720. The number of hydrogen-bond acceptors (Lipinski definition) is 1. The first-order valence-corrected chi connectivity index (χ1v) is 5.55. The van der Waals surface area contributed by atoms with Crippen molar-refractivity contribution < 1.29 is 4.79 Å². The van der Waals surface area contributed by atoms with Crippen molar-refractivity contribution in [3.63, 3.8) is 0 Å². The minimum Gasteiger partial charge on any atom is -0.289 e. The third kappa shape index (κ3) is 2.34. The molecule has 1 nitrogen and oxygen atoms in total. The monoisotopic (exact) mass is 222 g/mol. The maximum atomic E-state index is 12.2. The van der Waals surface area contributed by atoms with Crippen LogP contribution in [0.25, 0.3) is 6.08 Å². The number of ketones is 1. The number of carbonyl (C=O) groups excluding carboxylic acids is 1. The first kappa shape index (κ1) is 11.3. The molecular weight excluding hydrogens is 208 g/mol. The van der Waals surface area contributed by atoms with Crippen LogP contribution in [0.15, 0.2) is 55.1 Å². The number of rotatable bonds is 3. The summed E-state index contributed by atoms with van der Waals surface area (Å²) in [6, 6.07) is 15.0. The van der Waals surface area contributed by atoms with E-state index in [9.17, 15) is 4.79 Å². The molecule has 0 saturated carbocycles. The van der Waals surface area contributed by atoms with E-state index >= 15 is 0 Å². The van der Waals surface area contributed by atoms with Crippen LogP contribution in [0.2, 0.25) is 0 Å². The van der Waals surface area contributed by atoms with Crippen LogP contribution in [-0.2, 0) is 0 Å². The van der Waals surface area contributed by atoms with Gasteiger partial charge in [0.05, 0.1) is 0 Å². The summed E-state index contributed by atoms with van der Waals surface area (Å²) in [4.78, 5) is 12.2. The van der Waals surface area contributed by atoms with E-state index in [2.05, 4.69) is 6.58 Å². The van der Waals surface area contributed by atoms with Crippen molar-refractivity contribution in [1.29, 1.82) is 0 Å². The van der Waals surface area contributed by atoms with Gasteiger partial charge >= 0.3 is 0 Å². The lowest BCUT2D eigenvalue weighted by molar-refractivity contribution is 0.103. The van der Waals surface area contributed by atoms with Gasteiger partial charge in [-0.25, -0.2) is 0 Å². The summed E-state index contributed by atoms with van der Waals surface area (Å²) in [5.41, 5.74) is 3.56. The average Bonchev–Trinajstić information content (AvgIpc) is 2.39. The van der Waals surface area contributed by atoms with E-state index in [-0.39, 0.29) is 5.78 Å². The molecule has 0 radical (unpaired) electrons. The van der Waals surface area contributed by atoms with Crippen LogP contribution in [0.3, 0.4) is 0 Å². The van der Waals surface area contributed by atoms with E-state index < -0.39 is 0 Å². The van der Waals surface area contributed by atoms with Crippen molar-refractivity contribution in [3.8, 4) is 0 Å². The van der Waals surface area contributed by atoms with Crippen LogP contribution in [0, 0.1) is 6.92 Å². The smallest absolute Gasteiger partial charge is 0.193 e. The maximum absolute atomic E-state index is 12.2. The molecule has 0 aliphatic carbocycles. The molecule has 2 aromatic rings. The van der Waals surface area contributed by atoms with Crippen molar-refractivity contribution >= 4 is 11.9 Å². The van der Waals surface area contributed by atoms with Crippen molar-refractivity contribution in [1.82, 2.24) is 0 Å². The molecule has 0 saturated heterocycles. The highest BCUT2D eigenvalue weighted by Gasteiger charge is 2.09. The molecule has 0 spiro atoms. The Morgan fingerprint density at radius 1 is 1.06 bits per heavy atom. The van der Waals surface area contributed by atoms with E-state index in [1.54, 1.807) is 6.08 Å². The molecule has 0 N–H and O–H groups in total. The Morgan fingerprint density at radius 3 is 2.41 bits per heavy atom. The zero-order valence-electron chi connectivity index (χ0n) is 9.81. The molecule has 1 heteroatoms. The summed E-state index contributed by atoms with van der Waals surface area (Å²) >= 11 is 0. The topological polar surface area (TPSA) is 17.1 Å². The number of carbonyl (C=O) groups is 1. The van der Waals surface area contributed by atoms with Crippen LogP contribution in [0.1, 0.15) is 27.0 Å². The van der Waals surface area contributed by atoms with Gasteiger partial charge in [0.1, 0.15) is 0 Å². The first-order valence-electron chi connectivity index (χ1n) is 5.55. The van der Waals surface area contributed by atoms with Crippen molar-refractivity contribution in [3.05, 3.63) is 77.4 Å². The van der Waals surface area contributed by atoms with E-state index in [0.717, 1.165) is 11.1 Å². The fourth-order valence-corrected chi connectivity index (χ4v) is 1.76. The number of hydrogen-bond donors (Lipinski definition) is 0. The molecule has 0 amide bonds. The molecule has 0 aliphatic rings. The predicted octanol–water partition coefficient (Wildman–Crippen LogP) is 3.87. The summed E-state index contributed by atoms with van der Waals surface area (Å²) in [5, 5.41) is 0. The Labute approximate surface area is 101 Å². The highest BCUT2D eigenvalue weighted by molar-refractivity contribution is 6.09. The van der Waals surface area contributed by atoms with E-state index in [4.69, 9.17) is 0 Å². The summed E-state index contributed by atoms with van der Waals surface area (Å²) in [6.07, 6.45) is 1.77. The molecule has 0 heterocycles. The van der Waals surface area contributed by atoms with Crippen LogP contribution in [0.5, 0.6) is 0 Å². The summed E-state index contributed by atoms with van der Waals surface area (Å²) in [5.74, 6) is 0.0497. The van der Waals surface area contributed by atoms with Crippen LogP contribution < -0.4 is 0 Å². The number of aryl methyl sites for hydroxylation is 1. The first-order chi connectivity index (χ1) is 8.22. The molecule has 0 fully saturated rings. The van der Waals surface area contributed by atoms with E-state index in [1.165, 1.54) is 0 Å². The van der Waals surface area contributed by atoms with Crippen molar-refractivity contribution in [2.24, 2.45) is 0 Å². The van der Waals surface area contributed by atoms with E-state index in [0.29, 0.717) is 11.1 Å². The van der Waals surface area contributed by atoms with E-state index in [1.807, 2.05) is 55.5 Å². The normalized spacial score (nSPS) is 9.94. The maximum Gasteiger partial charge on any atom is 0.193 e. The summed E-state index contributed by atoms with van der Waals surface area (Å²) in [6.45, 7) is 5.76. The van der Waals surface area contributed by atoms with Crippen molar-refractivity contribution in [2.45, 2.75) is 6.92 Å². The lowest BCUT2D eigenvalue weighted by Gasteiger charge is -2.05. The van der Waals surface area contributed by atoms with Crippen molar-refractivity contribution in [2.75, 3.05) is 0 Å². The van der Waals surface area contributed by atoms with Gasteiger partial charge in [-0.1, -0.05) is 55.1 Å². The fourth-order valence-electron chi connectivity index (χ4n) is 1.76. The van der Waals surface area contributed by atoms with Crippen LogP contribution >= 0.6 is 0 Å². The molecule has 2 aromatic carbocycles. The molecule has 0 aliphatic heterocycles. The Morgan fingerprint density at radius 2 is 1.76 bits per heavy atom. The minimum absolute atomic E-state index is 0.0497. The second-order valence-electron chi connectivity index (χ2n) is 3.97. The van der Waals surface area contributed by atoms with Crippen LogP contribution in [0.4, 0.5) is 0 Å². The Kier molecular flexibility index (Phi) is 3.20. The molecule has 0 atom stereocenters. The average molecular weight is 222 g/mol. The second kappa shape index (κ2) is 4.79. The molecule has 0 unspecified atom stereocenters. The largest absolute Gasteiger partial charge is 0.289 e. The predicted molar refractivity (Wildman–Crippen MR) is 71.1 cm³/mol. The molecule has 84 valence electrons. The fraction of sp³-hybridized carbons (Fsp3) is 0.0625. The van der Waals surface area contributed by atoms with Crippen LogP contribution in [-0.4, -0.2) is 5.78 Å².